The Kier molecular flexibility index (Phi) is 4.19. The number of thioether (sulfide) groups is 1. The van der Waals surface area contributed by atoms with Crippen LogP contribution in [-0.4, -0.2) is 39.5 Å². The highest BCUT2D eigenvalue weighted by molar-refractivity contribution is 8.00. The number of nitrogens with one attached hydrogen (secondary N) is 1. The number of carbonyl (C=O) groups excluding carboxylic acids is 1. The van der Waals surface area contributed by atoms with Crippen molar-refractivity contribution in [1.29, 1.82) is 0 Å². The zero-order chi connectivity index (χ0) is 13.0. The van der Waals surface area contributed by atoms with Crippen molar-refractivity contribution in [2.24, 2.45) is 0 Å². The summed E-state index contributed by atoms with van der Waals surface area (Å²) in [6, 6.07) is 2.81. The molecule has 2 heterocycles. The quantitative estimate of drug-likeness (QED) is 0.861. The topological polar surface area (TPSA) is 79.3 Å². The van der Waals surface area contributed by atoms with E-state index in [2.05, 4.69) is 10.3 Å². The number of hydrogen-bond donors (Lipinski definition) is 2. The van der Waals surface area contributed by atoms with Gasteiger partial charge in [0.1, 0.15) is 5.69 Å². The van der Waals surface area contributed by atoms with E-state index in [1.807, 2.05) is 11.8 Å². The van der Waals surface area contributed by atoms with Crippen molar-refractivity contribution >= 4 is 23.6 Å². The van der Waals surface area contributed by atoms with Crippen LogP contribution in [0.1, 0.15) is 33.7 Å². The summed E-state index contributed by atoms with van der Waals surface area (Å²) in [5.74, 6) is -0.220. The van der Waals surface area contributed by atoms with E-state index in [9.17, 15) is 9.59 Å². The number of carboxylic acid groups (broad SMARTS) is 1. The molecule has 0 bridgehead atoms. The third-order valence-corrected chi connectivity index (χ3v) is 4.15. The highest BCUT2D eigenvalue weighted by Crippen LogP contribution is 2.25. The summed E-state index contributed by atoms with van der Waals surface area (Å²) in [5.41, 5.74) is 0.225. The van der Waals surface area contributed by atoms with Crippen molar-refractivity contribution in [3.8, 4) is 0 Å². The first-order valence-corrected chi connectivity index (χ1v) is 6.81. The van der Waals surface area contributed by atoms with Gasteiger partial charge in [-0.1, -0.05) is 0 Å². The average molecular weight is 266 g/mol. The Labute approximate surface area is 109 Å². The number of carboxylic acids is 1. The van der Waals surface area contributed by atoms with E-state index >= 15 is 0 Å². The number of carbonyl (C=O) groups is 2. The fourth-order valence-electron chi connectivity index (χ4n) is 1.80. The van der Waals surface area contributed by atoms with Crippen molar-refractivity contribution < 1.29 is 14.7 Å². The number of amides is 1. The molecule has 1 atom stereocenters. The van der Waals surface area contributed by atoms with Gasteiger partial charge in [0, 0.05) is 23.6 Å². The molecule has 1 saturated heterocycles. The third kappa shape index (κ3) is 3.22. The molecule has 2 N–H and O–H groups in total. The van der Waals surface area contributed by atoms with Gasteiger partial charge in [0.25, 0.3) is 5.91 Å². The Morgan fingerprint density at radius 1 is 1.56 bits per heavy atom. The number of pyridine rings is 1. The van der Waals surface area contributed by atoms with Crippen LogP contribution in [0.4, 0.5) is 0 Å². The maximum Gasteiger partial charge on any atom is 0.354 e. The fraction of sp³-hybridized carbons (Fsp3) is 0.417. The Morgan fingerprint density at radius 2 is 2.39 bits per heavy atom. The minimum atomic E-state index is -1.13. The lowest BCUT2D eigenvalue weighted by Crippen LogP contribution is -2.29. The van der Waals surface area contributed by atoms with E-state index < -0.39 is 5.97 Å². The smallest absolute Gasteiger partial charge is 0.354 e. The molecule has 1 amide bonds. The number of rotatable bonds is 4. The number of aromatic carboxylic acids is 1. The summed E-state index contributed by atoms with van der Waals surface area (Å²) in [5, 5.41) is 12.1. The molecule has 18 heavy (non-hydrogen) atoms. The van der Waals surface area contributed by atoms with E-state index in [0.717, 1.165) is 12.2 Å². The zero-order valence-electron chi connectivity index (χ0n) is 9.76. The van der Waals surface area contributed by atoms with Crippen LogP contribution in [0.3, 0.4) is 0 Å². The lowest BCUT2D eigenvalue weighted by molar-refractivity contribution is 0.0690. The van der Waals surface area contributed by atoms with E-state index in [0.29, 0.717) is 17.4 Å². The largest absolute Gasteiger partial charge is 0.477 e. The molecule has 6 heteroatoms. The maximum absolute atomic E-state index is 11.8. The predicted octanol–water partition coefficient (Wildman–Crippen LogP) is 1.41. The summed E-state index contributed by atoms with van der Waals surface area (Å²) >= 11 is 1.87. The van der Waals surface area contributed by atoms with Crippen molar-refractivity contribution in [2.75, 3.05) is 12.3 Å². The van der Waals surface area contributed by atoms with Crippen LogP contribution in [0.5, 0.6) is 0 Å². The highest BCUT2D eigenvalue weighted by Gasteiger charge is 2.17. The number of nitrogens with zero attached hydrogens (tertiary/aromatic N) is 1. The second-order valence-corrected chi connectivity index (χ2v) is 5.49. The number of hydrogen-bond acceptors (Lipinski definition) is 4. The average Bonchev–Trinajstić information content (AvgIpc) is 2.89. The van der Waals surface area contributed by atoms with Crippen molar-refractivity contribution in [3.05, 3.63) is 29.6 Å². The van der Waals surface area contributed by atoms with Crippen LogP contribution in [0.15, 0.2) is 18.3 Å². The van der Waals surface area contributed by atoms with Crippen LogP contribution >= 0.6 is 11.8 Å². The van der Waals surface area contributed by atoms with Crippen molar-refractivity contribution in [2.45, 2.75) is 18.1 Å². The van der Waals surface area contributed by atoms with Gasteiger partial charge in [-0.2, -0.15) is 11.8 Å². The van der Waals surface area contributed by atoms with E-state index in [4.69, 9.17) is 5.11 Å². The summed E-state index contributed by atoms with van der Waals surface area (Å²) in [4.78, 5) is 26.3. The van der Waals surface area contributed by atoms with E-state index in [-0.39, 0.29) is 11.6 Å². The van der Waals surface area contributed by atoms with Crippen LogP contribution in [0.25, 0.3) is 0 Å². The fourth-order valence-corrected chi connectivity index (χ4v) is 3.00. The molecule has 1 unspecified atom stereocenters. The van der Waals surface area contributed by atoms with E-state index in [1.165, 1.54) is 24.8 Å². The monoisotopic (exact) mass is 266 g/mol. The Balaban J connectivity index is 1.95. The lowest BCUT2D eigenvalue weighted by Gasteiger charge is -2.10. The first-order valence-electron chi connectivity index (χ1n) is 5.76. The molecule has 0 spiro atoms. The summed E-state index contributed by atoms with van der Waals surface area (Å²) in [7, 11) is 0. The molecule has 1 aromatic rings. The van der Waals surface area contributed by atoms with Gasteiger partial charge in [-0.15, -0.1) is 0 Å². The van der Waals surface area contributed by atoms with Gasteiger partial charge in [-0.25, -0.2) is 9.78 Å². The minimum Gasteiger partial charge on any atom is -0.477 e. The second kappa shape index (κ2) is 5.86. The van der Waals surface area contributed by atoms with Crippen LogP contribution in [0, 0.1) is 0 Å². The lowest BCUT2D eigenvalue weighted by atomic mass is 10.2. The van der Waals surface area contributed by atoms with Crippen LogP contribution in [0.2, 0.25) is 0 Å². The van der Waals surface area contributed by atoms with E-state index in [1.54, 1.807) is 0 Å². The Morgan fingerprint density at radius 3 is 3.06 bits per heavy atom. The molecule has 0 radical (unpaired) electrons. The van der Waals surface area contributed by atoms with Gasteiger partial charge in [-0.3, -0.25) is 4.79 Å². The maximum atomic E-state index is 11.8. The molecule has 0 saturated carbocycles. The van der Waals surface area contributed by atoms with Gasteiger partial charge < -0.3 is 10.4 Å². The molecular weight excluding hydrogens is 252 g/mol. The summed E-state index contributed by atoms with van der Waals surface area (Å²) in [6.07, 6.45) is 3.66. The SMILES string of the molecule is O=C(NCC1CCCS1)c1ccnc(C(=O)O)c1. The van der Waals surface area contributed by atoms with Gasteiger partial charge in [-0.05, 0) is 30.7 Å². The normalized spacial score (nSPS) is 18.6. The second-order valence-electron chi connectivity index (χ2n) is 4.08. The molecule has 1 aliphatic heterocycles. The van der Waals surface area contributed by atoms with Gasteiger partial charge in [0.05, 0.1) is 0 Å². The van der Waals surface area contributed by atoms with Gasteiger partial charge >= 0.3 is 5.97 Å². The zero-order valence-corrected chi connectivity index (χ0v) is 10.6. The molecule has 1 aliphatic rings. The Hall–Kier alpha value is -1.56. The first-order chi connectivity index (χ1) is 8.66. The summed E-state index contributed by atoms with van der Waals surface area (Å²) < 4.78 is 0. The molecule has 0 aliphatic carbocycles. The Bertz CT molecular complexity index is 458. The molecule has 0 aromatic carbocycles. The first kappa shape index (κ1) is 12.9. The highest BCUT2D eigenvalue weighted by atomic mass is 32.2. The standard InChI is InChI=1S/C12H14N2O3S/c15-11(14-7-9-2-1-5-18-9)8-3-4-13-10(6-8)12(16)17/h3-4,6,9H,1-2,5,7H2,(H,14,15)(H,16,17). The number of aromatic nitrogens is 1. The molecule has 2 rings (SSSR count). The molecule has 96 valence electrons. The van der Waals surface area contributed by atoms with Crippen molar-refractivity contribution in [3.63, 3.8) is 0 Å². The third-order valence-electron chi connectivity index (χ3n) is 2.76. The summed E-state index contributed by atoms with van der Waals surface area (Å²) in [6.45, 7) is 0.633. The molecule has 5 nitrogen and oxygen atoms in total. The van der Waals surface area contributed by atoms with Crippen LogP contribution in [-0.2, 0) is 0 Å². The minimum absolute atomic E-state index is 0.113. The van der Waals surface area contributed by atoms with Crippen LogP contribution < -0.4 is 5.32 Å². The van der Waals surface area contributed by atoms with Gasteiger partial charge in [0.15, 0.2) is 0 Å². The predicted molar refractivity (Wildman–Crippen MR) is 69.0 cm³/mol. The molecule has 1 fully saturated rings. The van der Waals surface area contributed by atoms with Gasteiger partial charge in [0.2, 0.25) is 0 Å². The molecule has 1 aromatic heterocycles. The van der Waals surface area contributed by atoms with Crippen molar-refractivity contribution in [1.82, 2.24) is 10.3 Å². The molecular formula is C12H14N2O3S.